The van der Waals surface area contributed by atoms with Crippen molar-refractivity contribution in [2.24, 2.45) is 0 Å². The van der Waals surface area contributed by atoms with Gasteiger partial charge in [-0.2, -0.15) is 0 Å². The van der Waals surface area contributed by atoms with E-state index in [1.807, 2.05) is 0 Å². The second-order valence-electron chi connectivity index (χ2n) is 2.23. The number of carbonyl (C=O) groups is 1. The molecule has 70 valence electrons. The summed E-state index contributed by atoms with van der Waals surface area (Å²) >= 11 is 0. The first-order valence-corrected chi connectivity index (χ1v) is 4.01. The average Bonchev–Trinajstić information content (AvgIpc) is 2.01. The van der Waals surface area contributed by atoms with Crippen molar-refractivity contribution in [1.82, 2.24) is 0 Å². The molecule has 0 saturated heterocycles. The molecule has 0 atom stereocenters. The van der Waals surface area contributed by atoms with Crippen molar-refractivity contribution in [1.29, 1.82) is 0 Å². The zero-order valence-electron chi connectivity index (χ0n) is 8.39. The molecule has 0 unspecified atom stereocenters. The molecule has 12 heavy (non-hydrogen) atoms. The molecular formula is C10H18O2. The summed E-state index contributed by atoms with van der Waals surface area (Å²) in [4.78, 5) is 10.5. The Balaban J connectivity index is 0. The van der Waals surface area contributed by atoms with Gasteiger partial charge in [0.15, 0.2) is 11.5 Å². The minimum absolute atomic E-state index is 0.0857. The second-order valence-corrected chi connectivity index (χ2v) is 2.23. The first kappa shape index (κ1) is 13.5. The van der Waals surface area contributed by atoms with Gasteiger partial charge in [0.05, 0.1) is 7.11 Å². The van der Waals surface area contributed by atoms with Gasteiger partial charge in [-0.1, -0.05) is 32.9 Å². The Morgan fingerprint density at radius 3 is 2.00 bits per heavy atom. The first-order valence-electron chi connectivity index (χ1n) is 4.01. The standard InChI is InChI=1S/C7H10O2.C3H8/c1-4-5-7(9-3)6(2)8;1-3-2/h4-5H,1H2,2-3H3;3H2,1-2H3/b7-5-;. The van der Waals surface area contributed by atoms with Crippen LogP contribution in [0, 0.1) is 0 Å². The molecule has 0 N–H and O–H groups in total. The molecule has 0 aliphatic carbocycles. The smallest absolute Gasteiger partial charge is 0.194 e. The summed E-state index contributed by atoms with van der Waals surface area (Å²) < 4.78 is 4.69. The lowest BCUT2D eigenvalue weighted by atomic mass is 10.3. The molecule has 0 fully saturated rings. The highest BCUT2D eigenvalue weighted by atomic mass is 16.5. The molecule has 0 bridgehead atoms. The number of hydrogen-bond acceptors (Lipinski definition) is 2. The molecule has 0 aliphatic rings. The fraction of sp³-hybridized carbons (Fsp3) is 0.500. The van der Waals surface area contributed by atoms with E-state index >= 15 is 0 Å². The Hall–Kier alpha value is -1.05. The van der Waals surface area contributed by atoms with Gasteiger partial charge < -0.3 is 4.74 Å². The number of carbonyl (C=O) groups excluding carboxylic acids is 1. The van der Waals surface area contributed by atoms with Gasteiger partial charge in [-0.15, -0.1) is 0 Å². The van der Waals surface area contributed by atoms with Crippen LogP contribution in [0.5, 0.6) is 0 Å². The summed E-state index contributed by atoms with van der Waals surface area (Å²) in [5.41, 5.74) is 0. The van der Waals surface area contributed by atoms with Crippen LogP contribution in [-0.2, 0) is 9.53 Å². The van der Waals surface area contributed by atoms with Gasteiger partial charge in [0.25, 0.3) is 0 Å². The SMILES string of the molecule is C=C/C=C(\OC)C(C)=O.CCC. The van der Waals surface area contributed by atoms with E-state index in [1.165, 1.54) is 32.6 Å². The van der Waals surface area contributed by atoms with Crippen molar-refractivity contribution in [3.8, 4) is 0 Å². The van der Waals surface area contributed by atoms with E-state index in [4.69, 9.17) is 4.74 Å². The average molecular weight is 170 g/mol. The lowest BCUT2D eigenvalue weighted by Gasteiger charge is -1.97. The fourth-order valence-electron chi connectivity index (χ4n) is 0.436. The molecule has 0 radical (unpaired) electrons. The van der Waals surface area contributed by atoms with Crippen LogP contribution in [0.4, 0.5) is 0 Å². The Kier molecular flexibility index (Phi) is 11.2. The summed E-state index contributed by atoms with van der Waals surface area (Å²) in [5.74, 6) is 0.252. The normalized spacial score (nSPS) is 9.50. The van der Waals surface area contributed by atoms with Gasteiger partial charge >= 0.3 is 0 Å². The maximum Gasteiger partial charge on any atom is 0.194 e. The van der Waals surface area contributed by atoms with Crippen LogP contribution in [0.25, 0.3) is 0 Å². The van der Waals surface area contributed by atoms with Crippen molar-refractivity contribution in [2.75, 3.05) is 7.11 Å². The molecule has 0 aromatic heterocycles. The van der Waals surface area contributed by atoms with Crippen LogP contribution in [0.3, 0.4) is 0 Å². The predicted octanol–water partition coefficient (Wildman–Crippen LogP) is 2.71. The van der Waals surface area contributed by atoms with E-state index in [2.05, 4.69) is 20.4 Å². The predicted molar refractivity (Wildman–Crippen MR) is 51.9 cm³/mol. The number of hydrogen-bond donors (Lipinski definition) is 0. The van der Waals surface area contributed by atoms with Crippen LogP contribution in [0.15, 0.2) is 24.5 Å². The van der Waals surface area contributed by atoms with Gasteiger partial charge in [-0.05, 0) is 6.08 Å². The van der Waals surface area contributed by atoms with Crippen LogP contribution in [0.1, 0.15) is 27.2 Å². The molecule has 0 amide bonds. The van der Waals surface area contributed by atoms with Crippen molar-refractivity contribution in [2.45, 2.75) is 27.2 Å². The molecule has 2 heteroatoms. The van der Waals surface area contributed by atoms with Crippen molar-refractivity contribution in [3.63, 3.8) is 0 Å². The van der Waals surface area contributed by atoms with Crippen LogP contribution >= 0.6 is 0 Å². The highest BCUT2D eigenvalue weighted by Crippen LogP contribution is 1.95. The quantitative estimate of drug-likeness (QED) is 0.370. The van der Waals surface area contributed by atoms with E-state index in [-0.39, 0.29) is 5.78 Å². The Morgan fingerprint density at radius 1 is 1.50 bits per heavy atom. The fourth-order valence-corrected chi connectivity index (χ4v) is 0.436. The van der Waals surface area contributed by atoms with Gasteiger partial charge in [0.2, 0.25) is 0 Å². The van der Waals surface area contributed by atoms with E-state index in [0.717, 1.165) is 0 Å². The monoisotopic (exact) mass is 170 g/mol. The zero-order chi connectivity index (χ0) is 9.98. The maximum atomic E-state index is 10.5. The van der Waals surface area contributed by atoms with Gasteiger partial charge in [0.1, 0.15) is 0 Å². The van der Waals surface area contributed by atoms with Crippen LogP contribution in [0.2, 0.25) is 0 Å². The number of allylic oxidation sites excluding steroid dienone is 3. The zero-order valence-corrected chi connectivity index (χ0v) is 8.39. The Labute approximate surface area is 74.9 Å². The minimum Gasteiger partial charge on any atom is -0.493 e. The topological polar surface area (TPSA) is 26.3 Å². The van der Waals surface area contributed by atoms with Gasteiger partial charge in [-0.3, -0.25) is 4.79 Å². The molecule has 2 nitrogen and oxygen atoms in total. The van der Waals surface area contributed by atoms with Gasteiger partial charge in [0, 0.05) is 6.92 Å². The summed E-state index contributed by atoms with van der Waals surface area (Å²) in [6.07, 6.45) is 4.29. The Morgan fingerprint density at radius 2 is 1.92 bits per heavy atom. The van der Waals surface area contributed by atoms with Crippen LogP contribution < -0.4 is 0 Å². The first-order chi connectivity index (χ1) is 5.63. The largest absolute Gasteiger partial charge is 0.493 e. The third-order valence-corrected chi connectivity index (χ3v) is 0.836. The third kappa shape index (κ3) is 8.95. The highest BCUT2D eigenvalue weighted by molar-refractivity contribution is 5.91. The molecule has 0 saturated carbocycles. The Bertz CT molecular complexity index is 157. The third-order valence-electron chi connectivity index (χ3n) is 0.836. The number of ketones is 1. The molecule has 0 aliphatic heterocycles. The summed E-state index contributed by atoms with van der Waals surface area (Å²) in [6, 6.07) is 0. The highest BCUT2D eigenvalue weighted by Gasteiger charge is 1.98. The molecule has 0 aromatic rings. The number of Topliss-reactive ketones (excluding diaryl/α,β-unsaturated/α-hetero) is 1. The number of rotatable bonds is 3. The second kappa shape index (κ2) is 9.95. The number of ether oxygens (including phenoxy) is 1. The molecular weight excluding hydrogens is 152 g/mol. The number of methoxy groups -OCH3 is 1. The summed E-state index contributed by atoms with van der Waals surface area (Å²) in [7, 11) is 1.46. The van der Waals surface area contributed by atoms with Crippen molar-refractivity contribution >= 4 is 5.78 Å². The van der Waals surface area contributed by atoms with Crippen molar-refractivity contribution < 1.29 is 9.53 Å². The summed E-state index contributed by atoms with van der Waals surface area (Å²) in [5, 5.41) is 0. The van der Waals surface area contributed by atoms with E-state index in [1.54, 1.807) is 0 Å². The van der Waals surface area contributed by atoms with E-state index in [9.17, 15) is 4.79 Å². The van der Waals surface area contributed by atoms with Crippen molar-refractivity contribution in [3.05, 3.63) is 24.5 Å². The lowest BCUT2D eigenvalue weighted by Crippen LogP contribution is -1.97. The molecule has 0 rings (SSSR count). The van der Waals surface area contributed by atoms with E-state index < -0.39 is 0 Å². The molecule has 0 heterocycles. The van der Waals surface area contributed by atoms with Crippen LogP contribution in [-0.4, -0.2) is 12.9 Å². The summed E-state index contributed by atoms with van der Waals surface area (Å²) in [6.45, 7) is 9.12. The molecule has 0 spiro atoms. The molecule has 0 aromatic carbocycles. The van der Waals surface area contributed by atoms with E-state index in [0.29, 0.717) is 5.76 Å². The maximum absolute atomic E-state index is 10.5. The lowest BCUT2D eigenvalue weighted by molar-refractivity contribution is -0.116. The minimum atomic E-state index is -0.0857. The van der Waals surface area contributed by atoms with Gasteiger partial charge in [-0.25, -0.2) is 0 Å².